The minimum absolute atomic E-state index is 0.177. The second kappa shape index (κ2) is 4.01. The molecule has 1 aromatic carbocycles. The third-order valence-corrected chi connectivity index (χ3v) is 3.89. The zero-order valence-electron chi connectivity index (χ0n) is 7.60. The summed E-state index contributed by atoms with van der Waals surface area (Å²) in [5.74, 6) is -0.674. The number of fused-ring (bicyclic) bond motifs is 1. The fourth-order valence-electron chi connectivity index (χ4n) is 1.67. The molecule has 15 heavy (non-hydrogen) atoms. The lowest BCUT2D eigenvalue weighted by molar-refractivity contribution is 0.397. The van der Waals surface area contributed by atoms with Gasteiger partial charge in [-0.25, -0.2) is 3.93 Å². The molecule has 0 saturated carbocycles. The third-order valence-electron chi connectivity index (χ3n) is 2.47. The first-order chi connectivity index (χ1) is 7.02. The fourth-order valence-corrected chi connectivity index (χ4v) is 2.66. The first-order valence-electron chi connectivity index (χ1n) is 4.33. The molecule has 0 spiro atoms. The summed E-state index contributed by atoms with van der Waals surface area (Å²) in [7, 11) is 0. The molecule has 3 nitrogen and oxygen atoms in total. The van der Waals surface area contributed by atoms with E-state index in [1.807, 2.05) is 3.93 Å². The van der Waals surface area contributed by atoms with E-state index in [1.54, 1.807) is 0 Å². The van der Waals surface area contributed by atoms with Gasteiger partial charge in [0.05, 0.1) is 10.0 Å². The molecule has 0 unspecified atom stereocenters. The van der Waals surface area contributed by atoms with Gasteiger partial charge in [0.1, 0.15) is 0 Å². The largest absolute Gasteiger partial charge is 0.503 e. The predicted octanol–water partition coefficient (Wildman–Crippen LogP) is 3.07. The Balaban J connectivity index is 2.65. The highest BCUT2D eigenvalue weighted by Gasteiger charge is 2.25. The molecule has 0 atom stereocenters. The van der Waals surface area contributed by atoms with Gasteiger partial charge >= 0.3 is 0 Å². The molecule has 0 saturated heterocycles. The molecule has 1 heterocycles. The number of halogens is 3. The van der Waals surface area contributed by atoms with E-state index in [0.717, 1.165) is 17.7 Å². The van der Waals surface area contributed by atoms with Crippen molar-refractivity contribution in [2.45, 2.75) is 13.0 Å². The third kappa shape index (κ3) is 1.80. The number of aromatic hydroxyl groups is 2. The predicted molar refractivity (Wildman–Crippen MR) is 62.8 cm³/mol. The summed E-state index contributed by atoms with van der Waals surface area (Å²) in [4.78, 5) is 0. The minimum Gasteiger partial charge on any atom is -0.503 e. The van der Waals surface area contributed by atoms with Gasteiger partial charge in [0.15, 0.2) is 11.5 Å². The van der Waals surface area contributed by atoms with Gasteiger partial charge in [-0.2, -0.15) is 0 Å². The Morgan fingerprint density at radius 3 is 2.20 bits per heavy atom. The van der Waals surface area contributed by atoms with Crippen LogP contribution in [0, 0.1) is 0 Å². The van der Waals surface area contributed by atoms with Crippen LogP contribution >= 0.6 is 39.3 Å². The maximum atomic E-state index is 9.53. The van der Waals surface area contributed by atoms with Crippen molar-refractivity contribution in [1.29, 1.82) is 0 Å². The van der Waals surface area contributed by atoms with Gasteiger partial charge in [0.25, 0.3) is 0 Å². The van der Waals surface area contributed by atoms with Crippen LogP contribution < -0.4 is 0 Å². The van der Waals surface area contributed by atoms with E-state index in [2.05, 4.69) is 16.1 Å². The summed E-state index contributed by atoms with van der Waals surface area (Å²) in [5.41, 5.74) is 1.58. The standard InChI is InChI=1S/C9H8BrCl2NO2/c10-13-2-1-4-5(3-13)7(12)9(15)8(14)6(4)11/h14-15H,1-3H2. The number of hydrogen-bond acceptors (Lipinski definition) is 3. The second-order valence-corrected chi connectivity index (χ2v) is 5.14. The molecule has 82 valence electrons. The molecular formula is C9H8BrCl2NO2. The molecule has 2 N–H and O–H groups in total. The van der Waals surface area contributed by atoms with E-state index in [9.17, 15) is 10.2 Å². The average molecular weight is 313 g/mol. The first-order valence-corrected chi connectivity index (χ1v) is 5.80. The van der Waals surface area contributed by atoms with E-state index in [4.69, 9.17) is 23.2 Å². The molecule has 6 heteroatoms. The molecule has 2 rings (SSSR count). The van der Waals surface area contributed by atoms with Crippen LogP contribution in [-0.4, -0.2) is 20.7 Å². The van der Waals surface area contributed by atoms with E-state index in [0.29, 0.717) is 13.0 Å². The first kappa shape index (κ1) is 11.3. The van der Waals surface area contributed by atoms with Crippen LogP contribution in [0.2, 0.25) is 10.0 Å². The molecule has 0 bridgehead atoms. The average Bonchev–Trinajstić information content (AvgIpc) is 2.23. The smallest absolute Gasteiger partial charge is 0.178 e. The Morgan fingerprint density at radius 2 is 1.60 bits per heavy atom. The van der Waals surface area contributed by atoms with Gasteiger partial charge in [0, 0.05) is 29.2 Å². The van der Waals surface area contributed by atoms with Gasteiger partial charge in [-0.3, -0.25) is 0 Å². The Bertz CT molecular complexity index is 425. The lowest BCUT2D eigenvalue weighted by Crippen LogP contribution is -2.22. The van der Waals surface area contributed by atoms with Crippen molar-refractivity contribution in [1.82, 2.24) is 3.93 Å². The summed E-state index contributed by atoms with van der Waals surface area (Å²) >= 11 is 15.2. The van der Waals surface area contributed by atoms with Crippen LogP contribution in [0.1, 0.15) is 11.1 Å². The Labute approximate surface area is 106 Å². The maximum absolute atomic E-state index is 9.53. The molecule has 1 aromatic rings. The van der Waals surface area contributed by atoms with E-state index < -0.39 is 0 Å². The normalized spacial score (nSPS) is 16.5. The van der Waals surface area contributed by atoms with Gasteiger partial charge in [-0.15, -0.1) is 0 Å². The van der Waals surface area contributed by atoms with Crippen molar-refractivity contribution in [3.63, 3.8) is 0 Å². The summed E-state index contributed by atoms with van der Waals surface area (Å²) in [6, 6.07) is 0. The number of hydrogen-bond donors (Lipinski definition) is 2. The lowest BCUT2D eigenvalue weighted by Gasteiger charge is -2.25. The molecule has 1 aliphatic rings. The molecule has 0 aromatic heterocycles. The van der Waals surface area contributed by atoms with Gasteiger partial charge in [0.2, 0.25) is 0 Å². The Morgan fingerprint density at radius 1 is 1.07 bits per heavy atom. The number of nitrogens with zero attached hydrogens (tertiary/aromatic N) is 1. The SMILES string of the molecule is Oc1c(O)c(Cl)c2c(c1Cl)CCN(Br)C2. The van der Waals surface area contributed by atoms with Crippen LogP contribution in [-0.2, 0) is 13.0 Å². The molecule has 0 amide bonds. The fraction of sp³-hybridized carbons (Fsp3) is 0.333. The highest BCUT2D eigenvalue weighted by Crippen LogP contribution is 2.46. The van der Waals surface area contributed by atoms with Crippen molar-refractivity contribution in [2.75, 3.05) is 6.54 Å². The van der Waals surface area contributed by atoms with E-state index >= 15 is 0 Å². The van der Waals surface area contributed by atoms with Crippen LogP contribution in [0.5, 0.6) is 11.5 Å². The molecule has 1 aliphatic heterocycles. The monoisotopic (exact) mass is 311 g/mol. The molecular weight excluding hydrogens is 305 g/mol. The Hall–Kier alpha value is -0.160. The number of phenols is 2. The second-order valence-electron chi connectivity index (χ2n) is 3.38. The lowest BCUT2D eigenvalue weighted by atomic mass is 10.00. The van der Waals surface area contributed by atoms with Crippen molar-refractivity contribution < 1.29 is 10.2 Å². The summed E-state index contributed by atoms with van der Waals surface area (Å²) in [6.07, 6.45) is 0.687. The van der Waals surface area contributed by atoms with E-state index in [1.165, 1.54) is 0 Å². The van der Waals surface area contributed by atoms with Crippen LogP contribution in [0.4, 0.5) is 0 Å². The number of benzene rings is 1. The molecule has 0 fully saturated rings. The zero-order valence-corrected chi connectivity index (χ0v) is 10.7. The van der Waals surface area contributed by atoms with Crippen molar-refractivity contribution in [3.8, 4) is 11.5 Å². The summed E-state index contributed by atoms with van der Waals surface area (Å²) in [6.45, 7) is 1.34. The van der Waals surface area contributed by atoms with Crippen molar-refractivity contribution in [3.05, 3.63) is 21.2 Å². The quantitative estimate of drug-likeness (QED) is 0.571. The molecule has 0 radical (unpaired) electrons. The van der Waals surface area contributed by atoms with Crippen molar-refractivity contribution >= 4 is 39.3 Å². The Kier molecular flexibility index (Phi) is 3.03. The van der Waals surface area contributed by atoms with Crippen molar-refractivity contribution in [2.24, 2.45) is 0 Å². The van der Waals surface area contributed by atoms with Crippen LogP contribution in [0.25, 0.3) is 0 Å². The number of phenolic OH excluding ortho intramolecular Hbond substituents is 2. The summed E-state index contributed by atoms with van der Waals surface area (Å²) in [5, 5.41) is 19.4. The maximum Gasteiger partial charge on any atom is 0.178 e. The molecule has 0 aliphatic carbocycles. The highest BCUT2D eigenvalue weighted by molar-refractivity contribution is 9.07. The van der Waals surface area contributed by atoms with Crippen LogP contribution in [0.3, 0.4) is 0 Å². The van der Waals surface area contributed by atoms with E-state index in [-0.39, 0.29) is 21.5 Å². The zero-order chi connectivity index (χ0) is 11.2. The number of rotatable bonds is 0. The minimum atomic E-state index is -0.344. The van der Waals surface area contributed by atoms with Gasteiger partial charge in [-0.05, 0) is 17.5 Å². The van der Waals surface area contributed by atoms with Gasteiger partial charge in [-0.1, -0.05) is 23.2 Å². The van der Waals surface area contributed by atoms with Gasteiger partial charge < -0.3 is 10.2 Å². The topological polar surface area (TPSA) is 43.7 Å². The summed E-state index contributed by atoms with van der Waals surface area (Å²) < 4.78 is 1.90. The van der Waals surface area contributed by atoms with Crippen LogP contribution in [0.15, 0.2) is 0 Å². The highest BCUT2D eigenvalue weighted by atomic mass is 79.9.